The zero-order valence-electron chi connectivity index (χ0n) is 13.1. The van der Waals surface area contributed by atoms with Crippen molar-refractivity contribution in [3.8, 4) is 0 Å². The second kappa shape index (κ2) is 6.84. The summed E-state index contributed by atoms with van der Waals surface area (Å²) in [7, 11) is -3.65. The minimum atomic E-state index is -3.65. The number of pyridine rings is 1. The molecule has 0 fully saturated rings. The SMILES string of the molecule is CCCn1c(=O)sc2cc(S(=O)(=O)NCc3cccnc3)ccc21. The zero-order chi connectivity index (χ0) is 17.2. The van der Waals surface area contributed by atoms with Crippen molar-refractivity contribution in [1.29, 1.82) is 0 Å². The first-order valence-corrected chi connectivity index (χ1v) is 9.83. The molecule has 24 heavy (non-hydrogen) atoms. The molecule has 0 atom stereocenters. The fourth-order valence-electron chi connectivity index (χ4n) is 2.41. The third-order valence-electron chi connectivity index (χ3n) is 3.59. The molecule has 0 saturated carbocycles. The second-order valence-corrected chi connectivity index (χ2v) is 8.10. The van der Waals surface area contributed by atoms with E-state index >= 15 is 0 Å². The summed E-state index contributed by atoms with van der Waals surface area (Å²) in [5, 5.41) is 0. The smallest absolute Gasteiger partial charge is 0.299 e. The highest BCUT2D eigenvalue weighted by Gasteiger charge is 2.16. The minimum Gasteiger partial charge on any atom is -0.299 e. The van der Waals surface area contributed by atoms with Crippen LogP contribution in [0.4, 0.5) is 0 Å². The normalized spacial score (nSPS) is 11.9. The van der Waals surface area contributed by atoms with Crippen LogP contribution in [-0.2, 0) is 23.1 Å². The molecule has 0 radical (unpaired) electrons. The molecule has 8 heteroatoms. The lowest BCUT2D eigenvalue weighted by Crippen LogP contribution is -2.23. The predicted octanol–water partition coefficient (Wildman–Crippen LogP) is 2.35. The van der Waals surface area contributed by atoms with Crippen molar-refractivity contribution >= 4 is 31.6 Å². The maximum absolute atomic E-state index is 12.5. The van der Waals surface area contributed by atoms with Crippen molar-refractivity contribution in [2.24, 2.45) is 0 Å². The van der Waals surface area contributed by atoms with Crippen LogP contribution >= 0.6 is 11.3 Å². The standard InChI is InChI=1S/C16H17N3O3S2/c1-2-8-19-14-6-5-13(9-15(14)23-16(19)20)24(21,22)18-11-12-4-3-7-17-10-12/h3-7,9-10,18H,2,8,11H2,1H3. The van der Waals surface area contributed by atoms with Crippen LogP contribution in [-0.4, -0.2) is 18.0 Å². The van der Waals surface area contributed by atoms with Crippen molar-refractivity contribution in [1.82, 2.24) is 14.3 Å². The summed E-state index contributed by atoms with van der Waals surface area (Å²) in [5.74, 6) is 0. The van der Waals surface area contributed by atoms with Crippen molar-refractivity contribution in [2.45, 2.75) is 31.3 Å². The number of nitrogens with zero attached hydrogens (tertiary/aromatic N) is 2. The Bertz CT molecular complexity index is 1010. The van der Waals surface area contributed by atoms with Crippen LogP contribution in [0.15, 0.2) is 52.4 Å². The van der Waals surface area contributed by atoms with Gasteiger partial charge >= 0.3 is 4.87 Å². The Hall–Kier alpha value is -2.03. The van der Waals surface area contributed by atoms with Crippen molar-refractivity contribution in [3.05, 3.63) is 58.0 Å². The summed E-state index contributed by atoms with van der Waals surface area (Å²) in [5.41, 5.74) is 1.55. The van der Waals surface area contributed by atoms with Gasteiger partial charge in [-0.2, -0.15) is 0 Å². The molecule has 0 aliphatic rings. The topological polar surface area (TPSA) is 81.1 Å². The molecule has 126 valence electrons. The van der Waals surface area contributed by atoms with Gasteiger partial charge in [0, 0.05) is 25.5 Å². The number of thiazole rings is 1. The van der Waals surface area contributed by atoms with Gasteiger partial charge in [-0.05, 0) is 36.2 Å². The van der Waals surface area contributed by atoms with Crippen LogP contribution < -0.4 is 9.60 Å². The highest BCUT2D eigenvalue weighted by atomic mass is 32.2. The van der Waals surface area contributed by atoms with Crippen LogP contribution in [0.25, 0.3) is 10.2 Å². The fourth-order valence-corrected chi connectivity index (χ4v) is 4.49. The number of fused-ring (bicyclic) bond motifs is 1. The Balaban J connectivity index is 1.89. The van der Waals surface area contributed by atoms with Gasteiger partial charge in [0.05, 0.1) is 15.1 Å². The van der Waals surface area contributed by atoms with E-state index in [1.807, 2.05) is 6.92 Å². The number of rotatable bonds is 6. The van der Waals surface area contributed by atoms with E-state index in [1.165, 1.54) is 6.07 Å². The molecule has 0 spiro atoms. The summed E-state index contributed by atoms with van der Waals surface area (Å²) < 4.78 is 29.8. The van der Waals surface area contributed by atoms with Gasteiger partial charge < -0.3 is 0 Å². The number of sulfonamides is 1. The van der Waals surface area contributed by atoms with E-state index in [9.17, 15) is 13.2 Å². The van der Waals surface area contributed by atoms with Gasteiger partial charge in [0.1, 0.15) is 0 Å². The molecule has 0 bridgehead atoms. The van der Waals surface area contributed by atoms with E-state index in [1.54, 1.807) is 41.2 Å². The lowest BCUT2D eigenvalue weighted by atomic mass is 10.3. The number of hydrogen-bond donors (Lipinski definition) is 1. The lowest BCUT2D eigenvalue weighted by molar-refractivity contribution is 0.581. The van der Waals surface area contributed by atoms with Crippen molar-refractivity contribution in [2.75, 3.05) is 0 Å². The van der Waals surface area contributed by atoms with E-state index in [0.29, 0.717) is 11.2 Å². The zero-order valence-corrected chi connectivity index (χ0v) is 14.7. The summed E-state index contributed by atoms with van der Waals surface area (Å²) in [6.45, 7) is 2.79. The first kappa shape index (κ1) is 16.8. The number of benzene rings is 1. The van der Waals surface area contributed by atoms with Crippen LogP contribution in [0, 0.1) is 0 Å². The van der Waals surface area contributed by atoms with Crippen LogP contribution in [0.1, 0.15) is 18.9 Å². The van der Waals surface area contributed by atoms with Gasteiger partial charge in [-0.1, -0.05) is 24.3 Å². The number of aryl methyl sites for hydroxylation is 1. The third-order valence-corrected chi connectivity index (χ3v) is 5.93. The Labute approximate surface area is 143 Å². The molecule has 3 rings (SSSR count). The first-order chi connectivity index (χ1) is 11.5. The average Bonchev–Trinajstić information content (AvgIpc) is 2.89. The lowest BCUT2D eigenvalue weighted by Gasteiger charge is -2.07. The molecular formula is C16H17N3O3S2. The molecule has 6 nitrogen and oxygen atoms in total. The molecule has 3 aromatic rings. The van der Waals surface area contributed by atoms with Crippen LogP contribution in [0.3, 0.4) is 0 Å². The summed E-state index contributed by atoms with van der Waals surface area (Å²) >= 11 is 1.07. The second-order valence-electron chi connectivity index (χ2n) is 5.33. The molecule has 0 amide bonds. The number of nitrogens with one attached hydrogen (secondary N) is 1. The molecular weight excluding hydrogens is 346 g/mol. The predicted molar refractivity (Wildman–Crippen MR) is 94.6 cm³/mol. The van der Waals surface area contributed by atoms with Gasteiger partial charge in [-0.3, -0.25) is 14.3 Å². The molecule has 1 aromatic carbocycles. The van der Waals surface area contributed by atoms with E-state index in [0.717, 1.165) is 28.8 Å². The van der Waals surface area contributed by atoms with Crippen LogP contribution in [0.5, 0.6) is 0 Å². The first-order valence-electron chi connectivity index (χ1n) is 7.53. The molecule has 0 unspecified atom stereocenters. The third kappa shape index (κ3) is 3.40. The van der Waals surface area contributed by atoms with Gasteiger partial charge in [-0.15, -0.1) is 0 Å². The van der Waals surface area contributed by atoms with Crippen molar-refractivity contribution in [3.63, 3.8) is 0 Å². The molecule has 0 aliphatic heterocycles. The maximum atomic E-state index is 12.5. The van der Waals surface area contributed by atoms with Gasteiger partial charge in [0.2, 0.25) is 10.0 Å². The van der Waals surface area contributed by atoms with E-state index in [2.05, 4.69) is 9.71 Å². The molecule has 2 heterocycles. The van der Waals surface area contributed by atoms with Crippen LogP contribution in [0.2, 0.25) is 0 Å². The summed E-state index contributed by atoms with van der Waals surface area (Å²) in [6, 6.07) is 8.34. The Morgan fingerprint density at radius 1 is 1.29 bits per heavy atom. The number of aromatic nitrogens is 2. The molecule has 0 saturated heterocycles. The van der Waals surface area contributed by atoms with Gasteiger partial charge in [-0.25, -0.2) is 13.1 Å². The minimum absolute atomic E-state index is 0.0651. The molecule has 0 aliphatic carbocycles. The summed E-state index contributed by atoms with van der Waals surface area (Å²) in [4.78, 5) is 16.1. The highest BCUT2D eigenvalue weighted by molar-refractivity contribution is 7.89. The van der Waals surface area contributed by atoms with Gasteiger partial charge in [0.15, 0.2) is 0 Å². The Kier molecular flexibility index (Phi) is 4.79. The van der Waals surface area contributed by atoms with E-state index in [-0.39, 0.29) is 16.3 Å². The van der Waals surface area contributed by atoms with E-state index in [4.69, 9.17) is 0 Å². The van der Waals surface area contributed by atoms with Crippen molar-refractivity contribution < 1.29 is 8.42 Å². The largest absolute Gasteiger partial charge is 0.308 e. The highest BCUT2D eigenvalue weighted by Crippen LogP contribution is 2.22. The molecule has 2 aromatic heterocycles. The fraction of sp³-hybridized carbons (Fsp3) is 0.250. The maximum Gasteiger partial charge on any atom is 0.308 e. The quantitative estimate of drug-likeness (QED) is 0.729. The Morgan fingerprint density at radius 2 is 2.12 bits per heavy atom. The monoisotopic (exact) mass is 363 g/mol. The number of hydrogen-bond acceptors (Lipinski definition) is 5. The summed E-state index contributed by atoms with van der Waals surface area (Å²) in [6.07, 6.45) is 4.09. The van der Waals surface area contributed by atoms with Gasteiger partial charge in [0.25, 0.3) is 0 Å². The average molecular weight is 363 g/mol. The molecule has 1 N–H and O–H groups in total. The van der Waals surface area contributed by atoms with E-state index < -0.39 is 10.0 Å². The Morgan fingerprint density at radius 3 is 2.83 bits per heavy atom.